The fraction of sp³-hybridized carbons (Fsp3) is 0.286. The lowest BCUT2D eigenvalue weighted by atomic mass is 10.1. The number of sulfonamides is 1. The van der Waals surface area contributed by atoms with Gasteiger partial charge in [0.05, 0.1) is 4.90 Å². The first-order valence-corrected chi connectivity index (χ1v) is 10.8. The van der Waals surface area contributed by atoms with Gasteiger partial charge in [0.15, 0.2) is 0 Å². The standard InChI is InChI=1S/C21H25N3O4S/c1-17-3-2-4-20(15-17)29(27,28)24-13-11-23(12-14-24)16-19-7-5-18(6-8-19)9-10-21(25)22-26/h2-10,15,26H,11-14,16H2,1H3,(H,22,25)/b10-9+. The molecule has 0 unspecified atom stereocenters. The molecule has 2 aromatic carbocycles. The molecule has 0 saturated carbocycles. The van der Waals surface area contributed by atoms with Crippen LogP contribution in [0.25, 0.3) is 6.08 Å². The summed E-state index contributed by atoms with van der Waals surface area (Å²) in [4.78, 5) is 13.6. The van der Waals surface area contributed by atoms with Gasteiger partial charge in [-0.25, -0.2) is 13.9 Å². The number of amides is 1. The predicted molar refractivity (Wildman–Crippen MR) is 111 cm³/mol. The molecule has 1 aliphatic rings. The minimum Gasteiger partial charge on any atom is -0.296 e. The van der Waals surface area contributed by atoms with E-state index in [1.54, 1.807) is 34.1 Å². The molecule has 3 rings (SSSR count). The van der Waals surface area contributed by atoms with E-state index < -0.39 is 15.9 Å². The lowest BCUT2D eigenvalue weighted by Gasteiger charge is -2.34. The smallest absolute Gasteiger partial charge is 0.267 e. The second-order valence-electron chi connectivity index (χ2n) is 7.05. The van der Waals surface area contributed by atoms with Crippen molar-refractivity contribution in [2.45, 2.75) is 18.4 Å². The average Bonchev–Trinajstić information content (AvgIpc) is 2.73. The van der Waals surface area contributed by atoms with E-state index in [9.17, 15) is 13.2 Å². The van der Waals surface area contributed by atoms with Crippen LogP contribution in [-0.4, -0.2) is 54.9 Å². The third-order valence-electron chi connectivity index (χ3n) is 4.88. The first kappa shape index (κ1) is 21.2. The highest BCUT2D eigenvalue weighted by Gasteiger charge is 2.28. The number of nitrogens with one attached hydrogen (secondary N) is 1. The molecule has 2 aromatic rings. The Hall–Kier alpha value is -2.52. The van der Waals surface area contributed by atoms with Crippen LogP contribution in [0.5, 0.6) is 0 Å². The van der Waals surface area contributed by atoms with Gasteiger partial charge < -0.3 is 0 Å². The Bertz CT molecular complexity index is 979. The van der Waals surface area contributed by atoms with E-state index >= 15 is 0 Å². The topological polar surface area (TPSA) is 90.0 Å². The monoisotopic (exact) mass is 415 g/mol. The minimum absolute atomic E-state index is 0.351. The van der Waals surface area contributed by atoms with Crippen molar-refractivity contribution in [1.82, 2.24) is 14.7 Å². The van der Waals surface area contributed by atoms with Crippen molar-refractivity contribution in [1.29, 1.82) is 0 Å². The van der Waals surface area contributed by atoms with E-state index in [0.29, 0.717) is 31.1 Å². The van der Waals surface area contributed by atoms with E-state index in [0.717, 1.165) is 23.2 Å². The van der Waals surface area contributed by atoms with Crippen molar-refractivity contribution in [3.63, 3.8) is 0 Å². The van der Waals surface area contributed by atoms with Gasteiger partial charge in [0, 0.05) is 38.8 Å². The van der Waals surface area contributed by atoms with E-state index in [-0.39, 0.29) is 0 Å². The molecule has 0 spiro atoms. The number of hydrogen-bond acceptors (Lipinski definition) is 5. The van der Waals surface area contributed by atoms with E-state index in [1.165, 1.54) is 6.08 Å². The summed E-state index contributed by atoms with van der Waals surface area (Å²) in [6.07, 6.45) is 2.87. The molecule has 0 atom stereocenters. The molecule has 0 radical (unpaired) electrons. The van der Waals surface area contributed by atoms with Gasteiger partial charge in [-0.1, -0.05) is 36.4 Å². The van der Waals surface area contributed by atoms with Gasteiger partial charge in [-0.15, -0.1) is 0 Å². The Morgan fingerprint density at radius 3 is 2.41 bits per heavy atom. The molecule has 8 heteroatoms. The third-order valence-corrected chi connectivity index (χ3v) is 6.78. The second-order valence-corrected chi connectivity index (χ2v) is 8.99. The second kappa shape index (κ2) is 9.32. The minimum atomic E-state index is -3.45. The number of carbonyl (C=O) groups excluding carboxylic acids is 1. The number of piperazine rings is 1. The lowest BCUT2D eigenvalue weighted by molar-refractivity contribution is -0.124. The van der Waals surface area contributed by atoms with Gasteiger partial charge in [-0.05, 0) is 41.8 Å². The van der Waals surface area contributed by atoms with Crippen LogP contribution in [-0.2, 0) is 21.4 Å². The SMILES string of the molecule is Cc1cccc(S(=O)(=O)N2CCN(Cc3ccc(/C=C/C(=O)NO)cc3)CC2)c1. The normalized spacial score (nSPS) is 16.2. The Morgan fingerprint density at radius 2 is 1.79 bits per heavy atom. The van der Waals surface area contributed by atoms with Crippen LogP contribution >= 0.6 is 0 Å². The molecule has 2 N–H and O–H groups in total. The van der Waals surface area contributed by atoms with E-state index in [2.05, 4.69) is 4.90 Å². The molecule has 29 heavy (non-hydrogen) atoms. The largest absolute Gasteiger partial charge is 0.296 e. The first-order chi connectivity index (χ1) is 13.9. The highest BCUT2D eigenvalue weighted by molar-refractivity contribution is 7.89. The van der Waals surface area contributed by atoms with Gasteiger partial charge in [0.25, 0.3) is 5.91 Å². The van der Waals surface area contributed by atoms with Crippen LogP contribution in [0.1, 0.15) is 16.7 Å². The number of benzene rings is 2. The van der Waals surface area contributed by atoms with Crippen LogP contribution in [0.3, 0.4) is 0 Å². The van der Waals surface area contributed by atoms with Crippen LogP contribution in [0.2, 0.25) is 0 Å². The lowest BCUT2D eigenvalue weighted by Crippen LogP contribution is -2.48. The number of hydroxylamine groups is 1. The molecule has 1 aliphatic heterocycles. The summed E-state index contributed by atoms with van der Waals surface area (Å²) in [5.41, 5.74) is 4.45. The van der Waals surface area contributed by atoms with Gasteiger partial charge in [0.2, 0.25) is 10.0 Å². The number of carbonyl (C=O) groups is 1. The fourth-order valence-electron chi connectivity index (χ4n) is 3.25. The van der Waals surface area contributed by atoms with Gasteiger partial charge in [0.1, 0.15) is 0 Å². The summed E-state index contributed by atoms with van der Waals surface area (Å²) in [6, 6.07) is 14.8. The summed E-state index contributed by atoms with van der Waals surface area (Å²) in [7, 11) is -3.45. The zero-order valence-corrected chi connectivity index (χ0v) is 17.1. The van der Waals surface area contributed by atoms with E-state index in [4.69, 9.17) is 5.21 Å². The van der Waals surface area contributed by atoms with Gasteiger partial charge >= 0.3 is 0 Å². The molecule has 1 amide bonds. The summed E-state index contributed by atoms with van der Waals surface area (Å²) in [5.74, 6) is -0.576. The summed E-state index contributed by atoms with van der Waals surface area (Å²) in [5, 5.41) is 8.49. The van der Waals surface area contributed by atoms with Gasteiger partial charge in [-0.3, -0.25) is 14.9 Å². The zero-order valence-electron chi connectivity index (χ0n) is 16.3. The quantitative estimate of drug-likeness (QED) is 0.428. The van der Waals surface area contributed by atoms with Crippen molar-refractivity contribution in [2.24, 2.45) is 0 Å². The molecular weight excluding hydrogens is 390 g/mol. The number of hydrogen-bond donors (Lipinski definition) is 2. The Balaban J connectivity index is 1.56. The van der Waals surface area contributed by atoms with Crippen molar-refractivity contribution in [2.75, 3.05) is 26.2 Å². The Morgan fingerprint density at radius 1 is 1.10 bits per heavy atom. The van der Waals surface area contributed by atoms with Crippen LogP contribution in [0.15, 0.2) is 59.5 Å². The summed E-state index contributed by atoms with van der Waals surface area (Å²) < 4.78 is 27.2. The molecule has 7 nitrogen and oxygen atoms in total. The zero-order chi connectivity index (χ0) is 20.9. The molecule has 154 valence electrons. The maximum atomic E-state index is 12.8. The maximum absolute atomic E-state index is 12.8. The van der Waals surface area contributed by atoms with Crippen LogP contribution < -0.4 is 5.48 Å². The van der Waals surface area contributed by atoms with Crippen molar-refractivity contribution in [3.8, 4) is 0 Å². The number of nitrogens with zero attached hydrogens (tertiary/aromatic N) is 2. The highest BCUT2D eigenvalue weighted by atomic mass is 32.2. The summed E-state index contributed by atoms with van der Waals surface area (Å²) >= 11 is 0. The first-order valence-electron chi connectivity index (χ1n) is 9.39. The molecule has 0 aromatic heterocycles. The van der Waals surface area contributed by atoms with Crippen molar-refractivity contribution >= 4 is 22.0 Å². The van der Waals surface area contributed by atoms with Gasteiger partial charge in [-0.2, -0.15) is 4.31 Å². The van der Waals surface area contributed by atoms with Crippen molar-refractivity contribution < 1.29 is 18.4 Å². The molecule has 0 bridgehead atoms. The molecule has 1 saturated heterocycles. The predicted octanol–water partition coefficient (Wildman–Crippen LogP) is 2.02. The number of aryl methyl sites for hydroxylation is 1. The highest BCUT2D eigenvalue weighted by Crippen LogP contribution is 2.19. The number of rotatable bonds is 6. The Kier molecular flexibility index (Phi) is 6.81. The Labute approximate surface area is 171 Å². The molecular formula is C21H25N3O4S. The molecule has 0 aliphatic carbocycles. The molecule has 1 fully saturated rings. The van der Waals surface area contributed by atoms with Crippen molar-refractivity contribution in [3.05, 3.63) is 71.3 Å². The van der Waals surface area contributed by atoms with Crippen LogP contribution in [0, 0.1) is 6.92 Å². The maximum Gasteiger partial charge on any atom is 0.267 e. The molecule has 1 heterocycles. The van der Waals surface area contributed by atoms with Crippen LogP contribution in [0.4, 0.5) is 0 Å². The third kappa shape index (κ3) is 5.51. The summed E-state index contributed by atoms with van der Waals surface area (Å²) in [6.45, 7) is 4.90. The van der Waals surface area contributed by atoms with E-state index in [1.807, 2.05) is 37.3 Å². The average molecular weight is 416 g/mol. The fourth-order valence-corrected chi connectivity index (χ4v) is 4.78.